The van der Waals surface area contributed by atoms with E-state index in [0.29, 0.717) is 11.6 Å². The Morgan fingerprint density at radius 2 is 2.29 bits per heavy atom. The first-order valence-corrected chi connectivity index (χ1v) is 5.81. The number of pyridine rings is 1. The molecule has 1 aromatic rings. The third-order valence-electron chi connectivity index (χ3n) is 3.04. The van der Waals surface area contributed by atoms with E-state index in [1.54, 1.807) is 0 Å². The third-order valence-corrected chi connectivity index (χ3v) is 3.04. The maximum absolute atomic E-state index is 11.7. The van der Waals surface area contributed by atoms with Gasteiger partial charge in [-0.2, -0.15) is 0 Å². The molecular formula is C12H17N3O2. The lowest BCUT2D eigenvalue weighted by molar-refractivity contribution is -0.122. The Balaban J connectivity index is 1.97. The number of hydrogen-bond acceptors (Lipinski definition) is 3. The van der Waals surface area contributed by atoms with Crippen LogP contribution in [-0.4, -0.2) is 16.5 Å². The zero-order chi connectivity index (χ0) is 12.4. The molecule has 0 aromatic carbocycles. The largest absolute Gasteiger partial charge is 0.398 e. The van der Waals surface area contributed by atoms with Gasteiger partial charge < -0.3 is 15.6 Å². The molecule has 17 heavy (non-hydrogen) atoms. The highest BCUT2D eigenvalue weighted by atomic mass is 16.2. The second-order valence-corrected chi connectivity index (χ2v) is 4.62. The molecule has 3 N–H and O–H groups in total. The molecule has 1 unspecified atom stereocenters. The Morgan fingerprint density at radius 3 is 2.94 bits per heavy atom. The minimum atomic E-state index is -0.214. The van der Waals surface area contributed by atoms with Gasteiger partial charge >= 0.3 is 0 Å². The molecule has 1 atom stereocenters. The second-order valence-electron chi connectivity index (χ2n) is 4.62. The summed E-state index contributed by atoms with van der Waals surface area (Å²) in [4.78, 5) is 23.2. The number of nitrogen functional groups attached to an aromatic ring is 1. The van der Waals surface area contributed by atoms with Gasteiger partial charge in [-0.15, -0.1) is 0 Å². The van der Waals surface area contributed by atoms with Crippen LogP contribution in [-0.2, 0) is 11.3 Å². The van der Waals surface area contributed by atoms with Crippen molar-refractivity contribution in [3.8, 4) is 0 Å². The van der Waals surface area contributed by atoms with Gasteiger partial charge in [0.2, 0.25) is 5.91 Å². The summed E-state index contributed by atoms with van der Waals surface area (Å²) in [5.74, 6) is 0.466. The van der Waals surface area contributed by atoms with Crippen molar-refractivity contribution >= 4 is 11.6 Å². The van der Waals surface area contributed by atoms with E-state index < -0.39 is 0 Å². The lowest BCUT2D eigenvalue weighted by Crippen LogP contribution is -2.38. The van der Waals surface area contributed by atoms with E-state index in [-0.39, 0.29) is 24.1 Å². The van der Waals surface area contributed by atoms with E-state index in [0.717, 1.165) is 0 Å². The molecule has 0 aliphatic heterocycles. The van der Waals surface area contributed by atoms with Gasteiger partial charge in [-0.3, -0.25) is 9.59 Å². The van der Waals surface area contributed by atoms with Crippen molar-refractivity contribution < 1.29 is 4.79 Å². The van der Waals surface area contributed by atoms with Gasteiger partial charge in [0.05, 0.1) is 0 Å². The van der Waals surface area contributed by atoms with E-state index in [1.165, 1.54) is 35.7 Å². The molecule has 1 fully saturated rings. The number of anilines is 1. The summed E-state index contributed by atoms with van der Waals surface area (Å²) < 4.78 is 1.32. The predicted molar refractivity (Wildman–Crippen MR) is 65.4 cm³/mol. The van der Waals surface area contributed by atoms with Gasteiger partial charge in [-0.25, -0.2) is 0 Å². The molecule has 0 bridgehead atoms. The predicted octanol–water partition coefficient (Wildman–Crippen LogP) is 0.345. The highest BCUT2D eigenvalue weighted by molar-refractivity contribution is 5.76. The van der Waals surface area contributed by atoms with Crippen LogP contribution in [0.3, 0.4) is 0 Å². The number of nitrogens with one attached hydrogen (secondary N) is 1. The molecule has 0 radical (unpaired) electrons. The molecule has 5 heteroatoms. The number of aromatic nitrogens is 1. The van der Waals surface area contributed by atoms with E-state index in [4.69, 9.17) is 5.73 Å². The van der Waals surface area contributed by atoms with Crippen LogP contribution in [0.15, 0.2) is 23.1 Å². The number of rotatable bonds is 4. The van der Waals surface area contributed by atoms with Crippen molar-refractivity contribution in [1.82, 2.24) is 9.88 Å². The number of carbonyl (C=O) groups excluding carboxylic acids is 1. The van der Waals surface area contributed by atoms with E-state index in [1.807, 2.05) is 6.92 Å². The van der Waals surface area contributed by atoms with Crippen molar-refractivity contribution in [2.45, 2.75) is 32.4 Å². The lowest BCUT2D eigenvalue weighted by Gasteiger charge is -2.13. The Bertz CT molecular complexity index is 477. The summed E-state index contributed by atoms with van der Waals surface area (Å²) in [5, 5.41) is 2.90. The number of nitrogens with zero attached hydrogens (tertiary/aromatic N) is 1. The Morgan fingerprint density at radius 1 is 1.59 bits per heavy atom. The fourth-order valence-corrected chi connectivity index (χ4v) is 1.84. The summed E-state index contributed by atoms with van der Waals surface area (Å²) in [6.07, 6.45) is 3.85. The smallest absolute Gasteiger partial charge is 0.251 e. The molecular weight excluding hydrogens is 218 g/mol. The molecule has 92 valence electrons. The first kappa shape index (κ1) is 11.7. The minimum absolute atomic E-state index is 0.0287. The molecule has 1 aliphatic rings. The summed E-state index contributed by atoms with van der Waals surface area (Å²) >= 11 is 0. The van der Waals surface area contributed by atoms with E-state index in [9.17, 15) is 9.59 Å². The van der Waals surface area contributed by atoms with Crippen LogP contribution in [0.1, 0.15) is 19.8 Å². The molecule has 1 aliphatic carbocycles. The zero-order valence-electron chi connectivity index (χ0n) is 9.85. The van der Waals surface area contributed by atoms with Crippen LogP contribution in [0, 0.1) is 5.92 Å². The zero-order valence-corrected chi connectivity index (χ0v) is 9.85. The normalized spacial score (nSPS) is 16.5. The van der Waals surface area contributed by atoms with Gasteiger partial charge in [-0.05, 0) is 31.7 Å². The van der Waals surface area contributed by atoms with Crippen LogP contribution < -0.4 is 16.6 Å². The van der Waals surface area contributed by atoms with Gasteiger partial charge in [0.1, 0.15) is 6.54 Å². The first-order valence-electron chi connectivity index (χ1n) is 5.81. The lowest BCUT2D eigenvalue weighted by atomic mass is 10.2. The number of hydrogen-bond donors (Lipinski definition) is 2. The second kappa shape index (κ2) is 4.61. The Kier molecular flexibility index (Phi) is 3.17. The molecule has 0 saturated heterocycles. The molecule has 2 rings (SSSR count). The van der Waals surface area contributed by atoms with Gasteiger partial charge in [0, 0.05) is 24.0 Å². The van der Waals surface area contributed by atoms with Crippen LogP contribution >= 0.6 is 0 Å². The van der Waals surface area contributed by atoms with E-state index in [2.05, 4.69) is 5.32 Å². The SMILES string of the molecule is CC(NC(=O)Cn1cc(N)ccc1=O)C1CC1. The van der Waals surface area contributed by atoms with Crippen molar-refractivity contribution in [2.24, 2.45) is 5.92 Å². The van der Waals surface area contributed by atoms with E-state index >= 15 is 0 Å². The summed E-state index contributed by atoms with van der Waals surface area (Å²) in [7, 11) is 0. The maximum Gasteiger partial charge on any atom is 0.251 e. The van der Waals surface area contributed by atoms with Crippen LogP contribution in [0.5, 0.6) is 0 Å². The highest BCUT2D eigenvalue weighted by Crippen LogP contribution is 2.32. The number of carbonyl (C=O) groups is 1. The topological polar surface area (TPSA) is 77.1 Å². The van der Waals surface area contributed by atoms with Crippen LogP contribution in [0.4, 0.5) is 5.69 Å². The quantitative estimate of drug-likeness (QED) is 0.790. The first-order chi connectivity index (χ1) is 8.06. The fraction of sp³-hybridized carbons (Fsp3) is 0.500. The standard InChI is InChI=1S/C12H17N3O2/c1-8(9-2-3-9)14-11(16)7-15-6-10(13)4-5-12(15)17/h4-6,8-9H,2-3,7,13H2,1H3,(H,14,16). The Labute approximate surface area is 99.6 Å². The molecule has 5 nitrogen and oxygen atoms in total. The average molecular weight is 235 g/mol. The number of amides is 1. The summed E-state index contributed by atoms with van der Waals surface area (Å²) in [6.45, 7) is 2.03. The third kappa shape index (κ3) is 3.09. The van der Waals surface area contributed by atoms with Crippen LogP contribution in [0.25, 0.3) is 0 Å². The molecule has 1 aromatic heterocycles. The molecule has 1 heterocycles. The van der Waals surface area contributed by atoms with Crippen molar-refractivity contribution in [2.75, 3.05) is 5.73 Å². The van der Waals surface area contributed by atoms with Crippen molar-refractivity contribution in [3.63, 3.8) is 0 Å². The van der Waals surface area contributed by atoms with Gasteiger partial charge in [-0.1, -0.05) is 0 Å². The monoisotopic (exact) mass is 235 g/mol. The maximum atomic E-state index is 11.7. The Hall–Kier alpha value is -1.78. The van der Waals surface area contributed by atoms with Crippen molar-refractivity contribution in [1.29, 1.82) is 0 Å². The van der Waals surface area contributed by atoms with Gasteiger partial charge in [0.15, 0.2) is 0 Å². The molecule has 1 saturated carbocycles. The highest BCUT2D eigenvalue weighted by Gasteiger charge is 2.28. The summed E-state index contributed by atoms with van der Waals surface area (Å²) in [5.41, 5.74) is 5.84. The number of nitrogens with two attached hydrogens (primary N) is 1. The fourth-order valence-electron chi connectivity index (χ4n) is 1.84. The van der Waals surface area contributed by atoms with Crippen LogP contribution in [0.2, 0.25) is 0 Å². The summed E-state index contributed by atoms with van der Waals surface area (Å²) in [6, 6.07) is 3.09. The van der Waals surface area contributed by atoms with Gasteiger partial charge in [0.25, 0.3) is 5.56 Å². The molecule has 1 amide bonds. The molecule has 0 spiro atoms. The average Bonchev–Trinajstić information content (AvgIpc) is 3.06. The minimum Gasteiger partial charge on any atom is -0.398 e. The van der Waals surface area contributed by atoms with Crippen molar-refractivity contribution in [3.05, 3.63) is 28.7 Å².